The molecule has 1 N–H and O–H groups in total. The smallest absolute Gasteiger partial charge is 0.271 e. The van der Waals surface area contributed by atoms with Crippen LogP contribution in [0.2, 0.25) is 0 Å². The first-order valence-corrected chi connectivity index (χ1v) is 11.1. The van der Waals surface area contributed by atoms with E-state index in [4.69, 9.17) is 12.2 Å². The van der Waals surface area contributed by atoms with Crippen LogP contribution < -0.4 is 10.2 Å². The number of nitrogens with one attached hydrogen (secondary N) is 1. The summed E-state index contributed by atoms with van der Waals surface area (Å²) in [4.78, 5) is 28.2. The number of thiocarbonyl (C=S) groups is 1. The van der Waals surface area contributed by atoms with Gasteiger partial charge in [-0.2, -0.15) is 0 Å². The molecule has 1 saturated heterocycles. The average molecular weight is 453 g/mol. The standard InChI is InChI=1S/C21H16N4O2S3/c1-13-23-24-20(29-13)22-18(26)16(12-14-8-4-2-5-9-14)17-19(27)25(21(28)30-17)15-10-6-3-7-11-15/h2-11H,12H2,1H3,(H,22,24,26)/b17-16+. The summed E-state index contributed by atoms with van der Waals surface area (Å²) < 4.78 is 0.395. The van der Waals surface area contributed by atoms with Gasteiger partial charge in [0.1, 0.15) is 5.01 Å². The quantitative estimate of drug-likeness (QED) is 0.458. The third-order valence-electron chi connectivity index (χ3n) is 4.30. The molecular formula is C21H16N4O2S3. The Morgan fingerprint density at radius 3 is 2.37 bits per heavy atom. The van der Waals surface area contributed by atoms with Gasteiger partial charge in [0.15, 0.2) is 4.32 Å². The van der Waals surface area contributed by atoms with Crippen LogP contribution in [0.15, 0.2) is 71.1 Å². The second kappa shape index (κ2) is 8.86. The highest BCUT2D eigenvalue weighted by Gasteiger charge is 2.37. The molecule has 0 bridgehead atoms. The second-order valence-electron chi connectivity index (χ2n) is 6.39. The molecule has 1 aromatic heterocycles. The highest BCUT2D eigenvalue weighted by atomic mass is 32.2. The van der Waals surface area contributed by atoms with E-state index in [0.717, 1.165) is 22.3 Å². The number of benzene rings is 2. The molecule has 1 aliphatic rings. The number of hydrogen-bond donors (Lipinski definition) is 1. The van der Waals surface area contributed by atoms with E-state index in [1.165, 1.54) is 16.2 Å². The van der Waals surface area contributed by atoms with Crippen LogP contribution in [0.3, 0.4) is 0 Å². The Bertz CT molecular complexity index is 1140. The largest absolute Gasteiger partial charge is 0.297 e. The summed E-state index contributed by atoms with van der Waals surface area (Å²) in [7, 11) is 0. The highest BCUT2D eigenvalue weighted by molar-refractivity contribution is 8.27. The van der Waals surface area contributed by atoms with Crippen molar-refractivity contribution < 1.29 is 9.59 Å². The molecule has 9 heteroatoms. The lowest BCUT2D eigenvalue weighted by molar-refractivity contribution is -0.115. The van der Waals surface area contributed by atoms with Crippen molar-refractivity contribution in [3.05, 3.63) is 81.7 Å². The van der Waals surface area contributed by atoms with Crippen LogP contribution >= 0.6 is 35.3 Å². The van der Waals surface area contributed by atoms with Crippen molar-refractivity contribution in [2.75, 3.05) is 10.2 Å². The van der Waals surface area contributed by atoms with E-state index in [0.29, 0.717) is 32.0 Å². The molecule has 30 heavy (non-hydrogen) atoms. The monoisotopic (exact) mass is 452 g/mol. The predicted octanol–water partition coefficient (Wildman–Crippen LogP) is 4.35. The Labute approximate surface area is 187 Å². The molecule has 3 aromatic rings. The van der Waals surface area contributed by atoms with E-state index in [-0.39, 0.29) is 11.8 Å². The fraction of sp³-hybridized carbons (Fsp3) is 0.0952. The molecule has 0 aliphatic carbocycles. The van der Waals surface area contributed by atoms with Crippen molar-refractivity contribution in [3.63, 3.8) is 0 Å². The highest BCUT2D eigenvalue weighted by Crippen LogP contribution is 2.37. The zero-order valence-corrected chi connectivity index (χ0v) is 18.3. The summed E-state index contributed by atoms with van der Waals surface area (Å²) in [5.41, 5.74) is 1.94. The van der Waals surface area contributed by atoms with Crippen molar-refractivity contribution in [2.45, 2.75) is 13.3 Å². The minimum absolute atomic E-state index is 0.295. The molecule has 6 nitrogen and oxygen atoms in total. The summed E-state index contributed by atoms with van der Waals surface area (Å²) in [6, 6.07) is 18.7. The molecule has 150 valence electrons. The number of nitrogens with zero attached hydrogens (tertiary/aromatic N) is 3. The average Bonchev–Trinajstić information content (AvgIpc) is 3.29. The summed E-state index contributed by atoms with van der Waals surface area (Å²) in [5, 5.41) is 11.8. The van der Waals surface area contributed by atoms with E-state index >= 15 is 0 Å². The van der Waals surface area contributed by atoms with Crippen LogP contribution in [0.4, 0.5) is 10.8 Å². The molecule has 2 heterocycles. The number of carbonyl (C=O) groups excluding carboxylic acids is 2. The molecule has 2 aromatic carbocycles. The van der Waals surface area contributed by atoms with Gasteiger partial charge in [0, 0.05) is 12.0 Å². The summed E-state index contributed by atoms with van der Waals surface area (Å²) in [5.74, 6) is -0.686. The van der Waals surface area contributed by atoms with Crippen LogP contribution in [0.25, 0.3) is 0 Å². The topological polar surface area (TPSA) is 75.2 Å². The molecule has 0 spiro atoms. The number of amides is 2. The van der Waals surface area contributed by atoms with Gasteiger partial charge in [0.05, 0.1) is 10.6 Å². The normalized spacial score (nSPS) is 15.4. The Kier molecular flexibility index (Phi) is 6.03. The Morgan fingerprint density at radius 2 is 1.73 bits per heavy atom. The van der Waals surface area contributed by atoms with Crippen LogP contribution in [0, 0.1) is 6.92 Å². The maximum Gasteiger partial charge on any atom is 0.271 e. The first kappa shape index (κ1) is 20.4. The first-order valence-electron chi connectivity index (χ1n) is 9.03. The van der Waals surface area contributed by atoms with Gasteiger partial charge in [-0.1, -0.05) is 83.8 Å². The van der Waals surface area contributed by atoms with Crippen molar-refractivity contribution in [1.82, 2.24) is 10.2 Å². The van der Waals surface area contributed by atoms with E-state index in [9.17, 15) is 9.59 Å². The first-order chi connectivity index (χ1) is 14.5. The van der Waals surface area contributed by atoms with Crippen molar-refractivity contribution in [1.29, 1.82) is 0 Å². The number of carbonyl (C=O) groups is 2. The van der Waals surface area contributed by atoms with E-state index in [2.05, 4.69) is 15.5 Å². The van der Waals surface area contributed by atoms with Gasteiger partial charge in [-0.3, -0.25) is 19.8 Å². The van der Waals surface area contributed by atoms with Crippen LogP contribution in [0.5, 0.6) is 0 Å². The number of para-hydroxylation sites is 1. The van der Waals surface area contributed by atoms with Gasteiger partial charge in [-0.15, -0.1) is 10.2 Å². The number of hydrogen-bond acceptors (Lipinski definition) is 7. The minimum Gasteiger partial charge on any atom is -0.297 e. The van der Waals surface area contributed by atoms with E-state index in [1.54, 1.807) is 0 Å². The van der Waals surface area contributed by atoms with Crippen molar-refractivity contribution in [2.24, 2.45) is 0 Å². The maximum atomic E-state index is 13.3. The SMILES string of the molecule is Cc1nnc(NC(=O)/C(Cc2ccccc2)=C2/SC(=S)N(c3ccccc3)C2=O)s1. The fourth-order valence-electron chi connectivity index (χ4n) is 2.93. The molecule has 0 unspecified atom stereocenters. The molecular weight excluding hydrogens is 436 g/mol. The van der Waals surface area contributed by atoms with Crippen molar-refractivity contribution >= 4 is 62.3 Å². The lowest BCUT2D eigenvalue weighted by Crippen LogP contribution is -2.28. The Hall–Kier alpha value is -2.88. The molecule has 0 atom stereocenters. The van der Waals surface area contributed by atoms with Crippen LogP contribution in [-0.2, 0) is 16.0 Å². The summed E-state index contributed by atoms with van der Waals surface area (Å²) in [6.45, 7) is 1.81. The van der Waals surface area contributed by atoms with Gasteiger partial charge < -0.3 is 0 Å². The van der Waals surface area contributed by atoms with Crippen LogP contribution in [-0.4, -0.2) is 26.3 Å². The number of thioether (sulfide) groups is 1. The Morgan fingerprint density at radius 1 is 1.07 bits per heavy atom. The number of aromatic nitrogens is 2. The fourth-order valence-corrected chi connectivity index (χ4v) is 4.88. The summed E-state index contributed by atoms with van der Waals surface area (Å²) in [6.07, 6.45) is 0.295. The minimum atomic E-state index is -0.386. The number of rotatable bonds is 5. The third-order valence-corrected chi connectivity index (χ3v) is 6.47. The number of anilines is 2. The predicted molar refractivity (Wildman–Crippen MR) is 125 cm³/mol. The molecule has 1 fully saturated rings. The van der Waals surface area contributed by atoms with Gasteiger partial charge in [0.2, 0.25) is 5.13 Å². The van der Waals surface area contributed by atoms with Crippen molar-refractivity contribution in [3.8, 4) is 0 Å². The van der Waals surface area contributed by atoms with Gasteiger partial charge in [0.25, 0.3) is 11.8 Å². The van der Waals surface area contributed by atoms with Gasteiger partial charge in [-0.05, 0) is 24.6 Å². The molecule has 1 aliphatic heterocycles. The lowest BCUT2D eigenvalue weighted by Gasteiger charge is -2.14. The van der Waals surface area contributed by atoms with Gasteiger partial charge >= 0.3 is 0 Å². The zero-order chi connectivity index (χ0) is 21.1. The molecule has 0 saturated carbocycles. The molecule has 0 radical (unpaired) electrons. The van der Waals surface area contributed by atoms with Gasteiger partial charge in [-0.25, -0.2) is 0 Å². The van der Waals surface area contributed by atoms with E-state index in [1.807, 2.05) is 67.6 Å². The number of aryl methyl sites for hydroxylation is 1. The van der Waals surface area contributed by atoms with Crippen LogP contribution in [0.1, 0.15) is 10.6 Å². The summed E-state index contributed by atoms with van der Waals surface area (Å²) >= 11 is 7.88. The molecule has 2 amide bonds. The van der Waals surface area contributed by atoms with E-state index < -0.39 is 0 Å². The molecule has 4 rings (SSSR count). The third kappa shape index (κ3) is 4.33. The second-order valence-corrected chi connectivity index (χ2v) is 9.22. The Balaban J connectivity index is 1.72. The maximum absolute atomic E-state index is 13.3. The lowest BCUT2D eigenvalue weighted by atomic mass is 10.0. The zero-order valence-electron chi connectivity index (χ0n) is 15.9.